The van der Waals surface area contributed by atoms with Crippen LogP contribution in [0.25, 0.3) is 0 Å². The lowest BCUT2D eigenvalue weighted by Crippen LogP contribution is -2.70. The highest BCUT2D eigenvalue weighted by Crippen LogP contribution is 2.55. The van der Waals surface area contributed by atoms with E-state index >= 15 is 4.79 Å². The molecule has 6 aliphatic heterocycles. The molecule has 0 saturated carbocycles. The molecule has 0 N–H and O–H groups in total. The molecule has 137 heavy (non-hydrogen) atoms. The van der Waals surface area contributed by atoms with Gasteiger partial charge in [-0.1, -0.05) is 213 Å². The van der Waals surface area contributed by atoms with Crippen LogP contribution in [0.3, 0.4) is 0 Å². The fourth-order valence-corrected chi connectivity index (χ4v) is 39.9. The summed E-state index contributed by atoms with van der Waals surface area (Å²) < 4.78 is 131. The minimum Gasteiger partial charge on any atom is -0.518 e. The molecular formula is C106H199ClO22Si8. The fourth-order valence-electron chi connectivity index (χ4n) is 22.5. The van der Waals surface area contributed by atoms with Gasteiger partial charge < -0.3 is 82.8 Å². The molecule has 24 atom stereocenters. The van der Waals surface area contributed by atoms with E-state index in [9.17, 15) is 14.4 Å². The quantitative estimate of drug-likeness (QED) is 0.0181. The summed E-state index contributed by atoms with van der Waals surface area (Å²) in [6.45, 7) is 96.4. The van der Waals surface area contributed by atoms with Crippen LogP contribution in [0.1, 0.15) is 282 Å². The molecule has 0 radical (unpaired) electrons. The number of carbonyl (C=O) groups is 4. The van der Waals surface area contributed by atoms with Crippen molar-refractivity contribution in [3.05, 3.63) is 60.2 Å². The van der Waals surface area contributed by atoms with Crippen molar-refractivity contribution in [2.75, 3.05) is 14.2 Å². The van der Waals surface area contributed by atoms with E-state index in [-0.39, 0.29) is 113 Å². The van der Waals surface area contributed by atoms with E-state index in [1.54, 1.807) is 14.2 Å². The average molecular weight is 2090 g/mol. The largest absolute Gasteiger partial charge is 0.518 e. The summed E-state index contributed by atoms with van der Waals surface area (Å²) >= 11 is 6.39. The number of esters is 2. The van der Waals surface area contributed by atoms with Crippen molar-refractivity contribution in [1.29, 1.82) is 0 Å². The summed E-state index contributed by atoms with van der Waals surface area (Å²) in [4.78, 5) is 56.5. The first kappa shape index (κ1) is 124. The molecule has 0 bridgehead atoms. The van der Waals surface area contributed by atoms with Gasteiger partial charge in [-0.25, -0.2) is 0 Å². The van der Waals surface area contributed by atoms with Crippen LogP contribution in [0.15, 0.2) is 60.2 Å². The molecule has 31 heteroatoms. The molecule has 22 nitrogen and oxygen atoms in total. The van der Waals surface area contributed by atoms with Gasteiger partial charge in [0.05, 0.1) is 97.3 Å². The third-order valence-corrected chi connectivity index (χ3v) is 59.5. The summed E-state index contributed by atoms with van der Waals surface area (Å²) in [5.41, 5.74) is 1.42. The fraction of sp³-hybridized carbons (Fsp3) is 0.868. The monoisotopic (exact) mass is 2080 g/mol. The Morgan fingerprint density at radius 2 is 1.08 bits per heavy atom. The number of Topliss-reactive ketones (excluding diaryl/α,β-unsaturated/α-hetero) is 1. The lowest BCUT2D eigenvalue weighted by atomic mass is 9.78. The number of allylic oxidation sites excluding steroid dienone is 3. The summed E-state index contributed by atoms with van der Waals surface area (Å²) in [5.74, 6) is -6.94. The number of halogens is 1. The number of methoxy groups -OCH3 is 2. The highest BCUT2D eigenvalue weighted by molar-refractivity contribution is 6.79. The van der Waals surface area contributed by atoms with Gasteiger partial charge in [0.2, 0.25) is 0 Å². The maximum atomic E-state index is 15.5. The van der Waals surface area contributed by atoms with Gasteiger partial charge in [-0.2, -0.15) is 0 Å². The normalized spacial score (nSPS) is 30.7. The number of carbonyl (C=O) groups excluding carboxylic acids is 4. The van der Waals surface area contributed by atoms with Crippen molar-refractivity contribution < 1.29 is 102 Å². The van der Waals surface area contributed by atoms with Crippen molar-refractivity contribution in [2.45, 2.75) is 551 Å². The predicted octanol–water partition coefficient (Wildman–Crippen LogP) is 27.4. The van der Waals surface area contributed by atoms with Crippen LogP contribution in [0.5, 0.6) is 0 Å². The third-order valence-electron chi connectivity index (χ3n) is 31.9. The average Bonchev–Trinajstić information content (AvgIpc) is 0.734. The Hall–Kier alpha value is -1.79. The molecule has 0 aromatic heterocycles. The minimum absolute atomic E-state index is 0.00395. The third kappa shape index (κ3) is 34.4. The van der Waals surface area contributed by atoms with Crippen LogP contribution in [-0.4, -0.2) is 225 Å². The molecule has 6 fully saturated rings. The van der Waals surface area contributed by atoms with Gasteiger partial charge in [0.25, 0.3) is 14.3 Å². The van der Waals surface area contributed by atoms with Gasteiger partial charge in [0, 0.05) is 115 Å². The van der Waals surface area contributed by atoms with Crippen molar-refractivity contribution in [3.63, 3.8) is 0 Å². The Labute approximate surface area is 847 Å². The second kappa shape index (κ2) is 50.5. The number of unbranched alkanes of at least 4 members (excludes halogenated alkanes) is 1. The first-order valence-corrected chi connectivity index (χ1v) is 76.5. The summed E-state index contributed by atoms with van der Waals surface area (Å²) in [6.07, 6.45) is 7.44. The first-order chi connectivity index (χ1) is 62.9. The van der Waals surface area contributed by atoms with E-state index in [4.69, 9.17) is 108 Å². The van der Waals surface area contributed by atoms with Crippen LogP contribution in [0, 0.1) is 23.7 Å². The summed E-state index contributed by atoms with van der Waals surface area (Å²) in [7, 11) is -15.6. The Morgan fingerprint density at radius 3 is 1.59 bits per heavy atom. The Morgan fingerprint density at radius 1 is 0.555 bits per heavy atom. The highest BCUT2D eigenvalue weighted by Gasteiger charge is 2.64. The van der Waals surface area contributed by atoms with Crippen molar-refractivity contribution in [3.8, 4) is 0 Å². The standard InChI is InChI=1S/C106H199ClO22Si8/c1-44-135(45-2,46-3)128-100(98-80(19)97(126-131(34,35)36)99(127-132(37,38)39)93(116-98)58-74(13)57-84(56-55-76(15)107)122-130(31,32)33)106(113-30)69-94(124-134(42,43)102(25,26)27)79(18)92(121-106)54-52-50-51-53-83-60-90(123-133(40,41)101(22,23)24)68-104(117-83)66-87(112-29)61-85(118-104)63-91(110)78(17)96(115-82(21)109)77(16)75(14)59-89-65-103(28,129-136(47-4,48-5)49-6)70-105(120-89)67-88(114-81(20)108)62-86(119-105)64-95(111)125-137(71(7)8,72(9)10)73(11)12/h51,53,55-56,71-73,77-80,83-90,92-94,96-100H,13-15,44-50,52,54,57-70H2,1-12,16-43H3/b53-51-,56-55+/t77-,78-,79+,80-,83+,84-,85+,86-,87+,88+,89+,90+,92-,93-,94+,96+,97-,98-,99-,100+,103+,104+,105-,106-/m1/s1. The summed E-state index contributed by atoms with van der Waals surface area (Å²) in [6, 6.07) is 5.37. The summed E-state index contributed by atoms with van der Waals surface area (Å²) in [5, 5.41) is 0.221. The van der Waals surface area contributed by atoms with Gasteiger partial charge in [0.1, 0.15) is 24.1 Å². The smallest absolute Gasteiger partial charge is 0.302 e. The van der Waals surface area contributed by atoms with Crippen LogP contribution in [0.2, 0.25) is 148 Å². The van der Waals surface area contributed by atoms with Crippen LogP contribution in [0.4, 0.5) is 0 Å². The van der Waals surface area contributed by atoms with E-state index < -0.39 is 174 Å². The van der Waals surface area contributed by atoms with Gasteiger partial charge in [0.15, 0.2) is 75.6 Å². The first-order valence-electron chi connectivity index (χ1n) is 52.9. The number of hydrogen-bond donors (Lipinski definition) is 0. The SMILES string of the molecule is C=C(Cl)/C=C/[C@H](CC(=C)C[C@H]1O[C@@H]([C@H](O[Si](CC)(CC)CC)[C@@]2(OC)C[C@H](O[Si](C)(C)C(C)(C)C)[C@@H](C)[C@@H](CCC/C=C\[C@H]3C[C@H](O[Si](C)(C)C(C)(C)C)C[C@@]4(C[C@@H](OC)C[C@@H](CC(=O)[C@@H](C)[C@@H](OC(C)=O)[C@H](C)C(=C)C[C@H]5C[C@](C)(O[Si](CC)(CC)CC)C[C@@]6(C[C@@H](OC(C)=O)C[C@H](CC(=O)O[Si](C(C)C)(C(C)C)C(C)C)O6)O5)O4)O3)O2)[C@H](C)[C@@H](O[Si](C)(C)C)[C@@H]1O[Si](C)(C)C)O[Si](C)(C)C. The highest BCUT2D eigenvalue weighted by atomic mass is 35.5. The Balaban J connectivity index is 1.35. The van der Waals surface area contributed by atoms with Gasteiger partial charge in [-0.3, -0.25) is 19.2 Å². The maximum absolute atomic E-state index is 15.5. The maximum Gasteiger partial charge on any atom is 0.302 e. The number of rotatable bonds is 51. The molecule has 0 aliphatic carbocycles. The molecule has 0 aromatic carbocycles. The molecule has 6 aliphatic rings. The van der Waals surface area contributed by atoms with E-state index in [1.165, 1.54) is 13.8 Å². The molecule has 2 spiro atoms. The second-order valence-electron chi connectivity index (χ2n) is 49.4. The zero-order chi connectivity index (χ0) is 104. The lowest BCUT2D eigenvalue weighted by Gasteiger charge is -2.57. The van der Waals surface area contributed by atoms with E-state index in [1.807, 2.05) is 26.0 Å². The molecule has 6 saturated heterocycles. The zero-order valence-corrected chi connectivity index (χ0v) is 103. The Kier molecular flexibility index (Phi) is 45.6. The van der Waals surface area contributed by atoms with Crippen LogP contribution >= 0.6 is 11.6 Å². The Bertz CT molecular complexity index is 3900. The van der Waals surface area contributed by atoms with Gasteiger partial charge >= 0.3 is 11.9 Å². The minimum atomic E-state index is -2.64. The van der Waals surface area contributed by atoms with E-state index in [2.05, 4.69) is 249 Å². The van der Waals surface area contributed by atoms with Crippen molar-refractivity contribution in [1.82, 2.24) is 0 Å². The van der Waals surface area contributed by atoms with Crippen LogP contribution in [-0.2, 0) is 102 Å². The molecule has 6 rings (SSSR count). The second-order valence-corrected chi connectivity index (χ2v) is 87.5. The van der Waals surface area contributed by atoms with Crippen molar-refractivity contribution >= 4 is 102 Å². The molecule has 0 unspecified atom stereocenters. The van der Waals surface area contributed by atoms with Gasteiger partial charge in [-0.15, -0.1) is 0 Å². The number of hydrogen-bond acceptors (Lipinski definition) is 22. The van der Waals surface area contributed by atoms with E-state index in [0.29, 0.717) is 87.7 Å². The molecular weight excluding hydrogens is 1890 g/mol. The molecule has 0 amide bonds. The molecule has 794 valence electrons. The topological polar surface area (TPSA) is 234 Å². The van der Waals surface area contributed by atoms with E-state index in [0.717, 1.165) is 48.3 Å². The number of ether oxygens (including phenoxy) is 10. The molecule has 0 aromatic rings. The zero-order valence-electron chi connectivity index (χ0n) is 93.8. The van der Waals surface area contributed by atoms with Crippen molar-refractivity contribution in [2.24, 2.45) is 23.7 Å². The number of ketones is 1. The lowest BCUT2D eigenvalue weighted by molar-refractivity contribution is -0.353. The molecule has 6 heterocycles. The van der Waals surface area contributed by atoms with Gasteiger partial charge in [-0.05, 0) is 200 Å². The van der Waals surface area contributed by atoms with Crippen LogP contribution < -0.4 is 0 Å². The predicted molar refractivity (Wildman–Crippen MR) is 577 cm³/mol.